The Kier molecular flexibility index (Phi) is 8.07. The number of nitrogens with two attached hydrogens (primary N) is 1. The van der Waals surface area contributed by atoms with Gasteiger partial charge in [-0.1, -0.05) is 19.3 Å². The van der Waals surface area contributed by atoms with Gasteiger partial charge in [0.15, 0.2) is 0 Å². The summed E-state index contributed by atoms with van der Waals surface area (Å²) in [5.74, 6) is 0.238. The molecule has 0 bridgehead atoms. The highest BCUT2D eigenvalue weighted by atomic mass is 16.2. The van der Waals surface area contributed by atoms with Gasteiger partial charge in [-0.3, -0.25) is 4.79 Å². The minimum atomic E-state index is 0.238. The van der Waals surface area contributed by atoms with E-state index in [0.29, 0.717) is 6.42 Å². The Morgan fingerprint density at radius 3 is 2.32 bits per heavy atom. The Labute approximate surface area is 118 Å². The zero-order valence-corrected chi connectivity index (χ0v) is 12.7. The van der Waals surface area contributed by atoms with Crippen LogP contribution in [0.15, 0.2) is 0 Å². The summed E-state index contributed by atoms with van der Waals surface area (Å²) in [4.78, 5) is 15.9. The summed E-state index contributed by atoms with van der Waals surface area (Å²) < 4.78 is 0. The third-order valence-corrected chi connectivity index (χ3v) is 4.08. The minimum Gasteiger partial charge on any atom is -0.349 e. The van der Waals surface area contributed by atoms with E-state index in [2.05, 4.69) is 4.90 Å². The molecule has 1 fully saturated rings. The number of carbonyl (C=O) groups is 1. The lowest BCUT2D eigenvalue weighted by Gasteiger charge is -2.34. The molecule has 4 nitrogen and oxygen atoms in total. The van der Waals surface area contributed by atoms with Gasteiger partial charge in [0.25, 0.3) is 0 Å². The number of nitrogens with zero attached hydrogens (tertiary/aromatic N) is 2. The van der Waals surface area contributed by atoms with E-state index in [4.69, 9.17) is 5.73 Å². The van der Waals surface area contributed by atoms with Gasteiger partial charge in [-0.05, 0) is 45.3 Å². The van der Waals surface area contributed by atoms with Crippen LogP contribution < -0.4 is 5.73 Å². The van der Waals surface area contributed by atoms with Crippen LogP contribution in [0.2, 0.25) is 0 Å². The monoisotopic (exact) mass is 269 g/mol. The minimum absolute atomic E-state index is 0.238. The highest BCUT2D eigenvalue weighted by Crippen LogP contribution is 2.23. The number of carbonyl (C=O) groups excluding carboxylic acids is 1. The second-order valence-corrected chi connectivity index (χ2v) is 5.86. The molecule has 19 heavy (non-hydrogen) atoms. The highest BCUT2D eigenvalue weighted by molar-refractivity contribution is 5.75. The van der Waals surface area contributed by atoms with Gasteiger partial charge in [0.1, 0.15) is 0 Å². The van der Waals surface area contributed by atoms with E-state index in [1.807, 2.05) is 14.1 Å². The van der Waals surface area contributed by atoms with Crippen LogP contribution in [0, 0.1) is 0 Å². The third-order valence-electron chi connectivity index (χ3n) is 4.08. The Morgan fingerprint density at radius 2 is 1.74 bits per heavy atom. The maximum atomic E-state index is 11.6. The topological polar surface area (TPSA) is 49.6 Å². The number of hydrogen-bond acceptors (Lipinski definition) is 3. The van der Waals surface area contributed by atoms with E-state index < -0.39 is 0 Å². The Morgan fingerprint density at radius 1 is 1.11 bits per heavy atom. The average molecular weight is 269 g/mol. The molecule has 1 rings (SSSR count). The lowest BCUT2D eigenvalue weighted by atomic mass is 9.94. The van der Waals surface area contributed by atoms with Gasteiger partial charge in [-0.25, -0.2) is 0 Å². The molecule has 0 aromatic heterocycles. The molecule has 4 heteroatoms. The van der Waals surface area contributed by atoms with Crippen molar-refractivity contribution in [2.75, 3.05) is 33.7 Å². The van der Waals surface area contributed by atoms with Crippen molar-refractivity contribution < 1.29 is 4.79 Å². The van der Waals surface area contributed by atoms with Crippen molar-refractivity contribution in [2.24, 2.45) is 5.73 Å². The van der Waals surface area contributed by atoms with Gasteiger partial charge >= 0.3 is 0 Å². The van der Waals surface area contributed by atoms with E-state index in [0.717, 1.165) is 38.5 Å². The van der Waals surface area contributed by atoms with Crippen LogP contribution in [0.1, 0.15) is 51.4 Å². The van der Waals surface area contributed by atoms with Crippen LogP contribution in [-0.4, -0.2) is 55.5 Å². The summed E-state index contributed by atoms with van der Waals surface area (Å²) >= 11 is 0. The molecule has 0 atom stereocenters. The van der Waals surface area contributed by atoms with Crippen molar-refractivity contribution in [3.8, 4) is 0 Å². The second kappa shape index (κ2) is 9.32. The molecule has 0 aliphatic heterocycles. The van der Waals surface area contributed by atoms with Crippen LogP contribution in [-0.2, 0) is 4.79 Å². The molecule has 0 aromatic rings. The average Bonchev–Trinajstić information content (AvgIpc) is 2.43. The fraction of sp³-hybridized carbons (Fsp3) is 0.933. The van der Waals surface area contributed by atoms with Crippen molar-refractivity contribution in [1.29, 1.82) is 0 Å². The molecular weight excluding hydrogens is 238 g/mol. The van der Waals surface area contributed by atoms with E-state index >= 15 is 0 Å². The third kappa shape index (κ3) is 6.39. The summed E-state index contributed by atoms with van der Waals surface area (Å²) in [5.41, 5.74) is 5.64. The van der Waals surface area contributed by atoms with Crippen LogP contribution >= 0.6 is 0 Å². The van der Waals surface area contributed by atoms with Gasteiger partial charge in [0.2, 0.25) is 5.91 Å². The van der Waals surface area contributed by atoms with Crippen molar-refractivity contribution in [3.05, 3.63) is 0 Å². The highest BCUT2D eigenvalue weighted by Gasteiger charge is 2.20. The van der Waals surface area contributed by atoms with Gasteiger partial charge in [-0.2, -0.15) is 0 Å². The van der Waals surface area contributed by atoms with Crippen molar-refractivity contribution >= 4 is 5.91 Å². The molecule has 0 radical (unpaired) electrons. The zero-order chi connectivity index (χ0) is 14.1. The lowest BCUT2D eigenvalue weighted by molar-refractivity contribution is -0.128. The first-order valence-electron chi connectivity index (χ1n) is 7.79. The van der Waals surface area contributed by atoms with E-state index in [1.165, 1.54) is 32.1 Å². The summed E-state index contributed by atoms with van der Waals surface area (Å²) in [6.07, 6.45) is 9.47. The Bertz CT molecular complexity index is 250. The van der Waals surface area contributed by atoms with Crippen LogP contribution in [0.3, 0.4) is 0 Å². The standard InChI is InChI=1S/C15H31N3O/c1-17(2)15(19)10-6-12-18(13-7-11-16)14-8-4-3-5-9-14/h14H,3-13,16H2,1-2H3. The maximum absolute atomic E-state index is 11.6. The van der Waals surface area contributed by atoms with E-state index in [1.54, 1.807) is 4.90 Å². The van der Waals surface area contributed by atoms with Gasteiger partial charge in [0.05, 0.1) is 0 Å². The lowest BCUT2D eigenvalue weighted by Crippen LogP contribution is -2.39. The molecule has 0 unspecified atom stereocenters. The molecule has 1 aliphatic carbocycles. The summed E-state index contributed by atoms with van der Waals surface area (Å²) in [7, 11) is 3.66. The fourth-order valence-corrected chi connectivity index (χ4v) is 2.87. The molecule has 0 spiro atoms. The fourth-order valence-electron chi connectivity index (χ4n) is 2.87. The predicted octanol–water partition coefficient (Wildman–Crippen LogP) is 1.84. The molecule has 0 saturated heterocycles. The van der Waals surface area contributed by atoms with Gasteiger partial charge < -0.3 is 15.5 Å². The molecule has 112 valence electrons. The summed E-state index contributed by atoms with van der Waals surface area (Å²) in [5, 5.41) is 0. The van der Waals surface area contributed by atoms with Crippen LogP contribution in [0.4, 0.5) is 0 Å². The largest absolute Gasteiger partial charge is 0.349 e. The molecule has 0 heterocycles. The number of rotatable bonds is 8. The van der Waals surface area contributed by atoms with Crippen LogP contribution in [0.5, 0.6) is 0 Å². The number of amides is 1. The van der Waals surface area contributed by atoms with Crippen LogP contribution in [0.25, 0.3) is 0 Å². The first-order valence-corrected chi connectivity index (χ1v) is 7.79. The SMILES string of the molecule is CN(C)C(=O)CCCN(CCCN)C1CCCCC1. The summed E-state index contributed by atoms with van der Waals surface area (Å²) in [6, 6.07) is 0.731. The molecule has 1 aliphatic rings. The van der Waals surface area contributed by atoms with Gasteiger partial charge in [-0.15, -0.1) is 0 Å². The molecule has 0 aromatic carbocycles. The molecule has 1 amide bonds. The summed E-state index contributed by atoms with van der Waals surface area (Å²) in [6.45, 7) is 2.90. The van der Waals surface area contributed by atoms with Crippen molar-refractivity contribution in [2.45, 2.75) is 57.4 Å². The molecular formula is C15H31N3O. The maximum Gasteiger partial charge on any atom is 0.222 e. The normalized spacial score (nSPS) is 16.8. The van der Waals surface area contributed by atoms with Crippen molar-refractivity contribution in [1.82, 2.24) is 9.80 Å². The van der Waals surface area contributed by atoms with Gasteiger partial charge in [0, 0.05) is 26.6 Å². The quantitative estimate of drug-likeness (QED) is 0.731. The van der Waals surface area contributed by atoms with E-state index in [9.17, 15) is 4.79 Å². The molecule has 2 N–H and O–H groups in total. The smallest absolute Gasteiger partial charge is 0.222 e. The van der Waals surface area contributed by atoms with Crippen molar-refractivity contribution in [3.63, 3.8) is 0 Å². The number of hydrogen-bond donors (Lipinski definition) is 1. The first-order chi connectivity index (χ1) is 9.15. The van der Waals surface area contributed by atoms with E-state index in [-0.39, 0.29) is 5.91 Å². The first kappa shape index (κ1) is 16.4. The zero-order valence-electron chi connectivity index (χ0n) is 12.7. The Balaban J connectivity index is 2.33. The predicted molar refractivity (Wildman–Crippen MR) is 80.0 cm³/mol. The second-order valence-electron chi connectivity index (χ2n) is 5.86. The molecule has 1 saturated carbocycles. The Hall–Kier alpha value is -0.610.